The van der Waals surface area contributed by atoms with Crippen molar-refractivity contribution in [3.8, 4) is 0 Å². The second-order valence-electron chi connectivity index (χ2n) is 5.52. The molecule has 2 unspecified atom stereocenters. The molecule has 0 bridgehead atoms. The summed E-state index contributed by atoms with van der Waals surface area (Å²) in [5.41, 5.74) is 0.524. The number of nitrogens with zero attached hydrogens (tertiary/aromatic N) is 1. The number of aliphatic hydroxyl groups is 1. The normalized spacial score (nSPS) is 26.4. The number of oxazole rings is 1. The van der Waals surface area contributed by atoms with Gasteiger partial charge in [-0.2, -0.15) is 4.98 Å². The fourth-order valence-electron chi connectivity index (χ4n) is 2.49. The number of amides is 2. The molecule has 2 amide bonds. The fourth-order valence-corrected chi connectivity index (χ4v) is 2.49. The quantitative estimate of drug-likeness (QED) is 0.781. The van der Waals surface area contributed by atoms with Crippen molar-refractivity contribution in [3.63, 3.8) is 0 Å². The molecule has 1 fully saturated rings. The van der Waals surface area contributed by atoms with Gasteiger partial charge >= 0.3 is 12.0 Å². The van der Waals surface area contributed by atoms with Crippen LogP contribution in [0, 0.1) is 19.3 Å². The molecule has 0 spiro atoms. The van der Waals surface area contributed by atoms with E-state index in [2.05, 4.69) is 15.6 Å². The van der Waals surface area contributed by atoms with Crippen LogP contribution in [-0.4, -0.2) is 28.8 Å². The van der Waals surface area contributed by atoms with Crippen LogP contribution in [0.25, 0.3) is 0 Å². The predicted octanol–water partition coefficient (Wildman–Crippen LogP) is 1.96. The van der Waals surface area contributed by atoms with E-state index in [-0.39, 0.29) is 30.1 Å². The maximum absolute atomic E-state index is 11.9. The van der Waals surface area contributed by atoms with E-state index in [1.807, 2.05) is 13.8 Å². The van der Waals surface area contributed by atoms with Crippen molar-refractivity contribution in [1.29, 1.82) is 0 Å². The number of aryl methyl sites for hydroxylation is 2. The zero-order valence-corrected chi connectivity index (χ0v) is 11.6. The maximum atomic E-state index is 11.9. The number of urea groups is 1. The van der Waals surface area contributed by atoms with Gasteiger partial charge in [-0.05, 0) is 26.7 Å². The molecular weight excluding hydrogens is 246 g/mol. The summed E-state index contributed by atoms with van der Waals surface area (Å²) in [5, 5.41) is 14.9. The molecule has 0 saturated heterocycles. The van der Waals surface area contributed by atoms with E-state index in [1.165, 1.54) is 0 Å². The van der Waals surface area contributed by atoms with Crippen molar-refractivity contribution < 1.29 is 14.3 Å². The topological polar surface area (TPSA) is 87.4 Å². The summed E-state index contributed by atoms with van der Waals surface area (Å²) in [6.07, 6.45) is 2.82. The highest BCUT2D eigenvalue weighted by Gasteiger charge is 2.39. The number of hydrogen-bond acceptors (Lipinski definition) is 4. The lowest BCUT2D eigenvalue weighted by molar-refractivity contribution is 0.122. The lowest BCUT2D eigenvalue weighted by Crippen LogP contribution is -2.46. The van der Waals surface area contributed by atoms with Gasteiger partial charge in [-0.15, -0.1) is 0 Å². The molecule has 0 radical (unpaired) electrons. The Morgan fingerprint density at radius 3 is 2.89 bits per heavy atom. The Kier molecular flexibility index (Phi) is 3.80. The molecular formula is C13H21N3O3. The number of carbonyl (C=O) groups is 1. The van der Waals surface area contributed by atoms with Gasteiger partial charge in [-0.25, -0.2) is 4.79 Å². The van der Waals surface area contributed by atoms with Gasteiger partial charge in [-0.1, -0.05) is 13.3 Å². The summed E-state index contributed by atoms with van der Waals surface area (Å²) in [6.45, 7) is 5.69. The highest BCUT2D eigenvalue weighted by Crippen LogP contribution is 2.37. The molecule has 0 aromatic carbocycles. The number of anilines is 1. The van der Waals surface area contributed by atoms with Crippen LogP contribution < -0.4 is 10.6 Å². The zero-order chi connectivity index (χ0) is 14.0. The van der Waals surface area contributed by atoms with Crippen LogP contribution in [0.15, 0.2) is 4.42 Å². The Labute approximate surface area is 112 Å². The molecule has 2 atom stereocenters. The lowest BCUT2D eigenvalue weighted by atomic mass is 9.86. The number of aliphatic hydroxyl groups excluding tert-OH is 1. The minimum atomic E-state index is -0.340. The number of aromatic nitrogens is 1. The van der Waals surface area contributed by atoms with Gasteiger partial charge in [0.2, 0.25) is 0 Å². The van der Waals surface area contributed by atoms with Crippen LogP contribution in [-0.2, 0) is 0 Å². The third kappa shape index (κ3) is 2.89. The van der Waals surface area contributed by atoms with Crippen molar-refractivity contribution in [2.45, 2.75) is 46.1 Å². The first-order chi connectivity index (χ1) is 8.94. The van der Waals surface area contributed by atoms with Crippen LogP contribution in [0.2, 0.25) is 0 Å². The average Bonchev–Trinajstić information content (AvgIpc) is 2.85. The Bertz CT molecular complexity index is 452. The highest BCUT2D eigenvalue weighted by atomic mass is 16.4. The Hall–Kier alpha value is -1.56. The molecule has 19 heavy (non-hydrogen) atoms. The summed E-state index contributed by atoms with van der Waals surface area (Å²) in [5.74, 6) is 0.691. The van der Waals surface area contributed by atoms with Crippen LogP contribution in [0.5, 0.6) is 0 Å². The summed E-state index contributed by atoms with van der Waals surface area (Å²) in [4.78, 5) is 16.0. The lowest BCUT2D eigenvalue weighted by Gasteiger charge is -2.29. The maximum Gasteiger partial charge on any atom is 0.323 e. The second-order valence-corrected chi connectivity index (χ2v) is 5.52. The average molecular weight is 267 g/mol. The summed E-state index contributed by atoms with van der Waals surface area (Å²) in [7, 11) is 0. The van der Waals surface area contributed by atoms with E-state index in [4.69, 9.17) is 4.42 Å². The van der Waals surface area contributed by atoms with E-state index in [1.54, 1.807) is 6.92 Å². The molecule has 1 aliphatic carbocycles. The van der Waals surface area contributed by atoms with Crippen LogP contribution >= 0.6 is 0 Å². The van der Waals surface area contributed by atoms with E-state index in [9.17, 15) is 9.90 Å². The number of rotatable bonds is 3. The number of carbonyl (C=O) groups excluding carboxylic acids is 1. The van der Waals surface area contributed by atoms with Gasteiger partial charge < -0.3 is 14.8 Å². The molecule has 6 heteroatoms. The molecule has 1 aliphatic rings. The zero-order valence-electron chi connectivity index (χ0n) is 11.6. The molecule has 3 N–H and O–H groups in total. The fraction of sp³-hybridized carbons (Fsp3) is 0.692. The first-order valence-corrected chi connectivity index (χ1v) is 6.57. The van der Waals surface area contributed by atoms with Crippen molar-refractivity contribution in [2.24, 2.45) is 5.41 Å². The van der Waals surface area contributed by atoms with Crippen molar-refractivity contribution in [1.82, 2.24) is 10.3 Å². The SMILES string of the molecule is Cc1nc(NC(=O)NC2CCCC2(C)CO)oc1C. The van der Waals surface area contributed by atoms with Gasteiger partial charge in [0.05, 0.1) is 12.3 Å². The third-order valence-electron chi connectivity index (χ3n) is 4.00. The van der Waals surface area contributed by atoms with Crippen molar-refractivity contribution in [2.75, 3.05) is 11.9 Å². The number of hydrogen-bond donors (Lipinski definition) is 3. The molecule has 106 valence electrons. The van der Waals surface area contributed by atoms with E-state index in [0.29, 0.717) is 5.76 Å². The monoisotopic (exact) mass is 267 g/mol. The molecule has 1 saturated carbocycles. The minimum Gasteiger partial charge on any atom is -0.428 e. The molecule has 6 nitrogen and oxygen atoms in total. The van der Waals surface area contributed by atoms with Crippen LogP contribution in [0.4, 0.5) is 10.8 Å². The summed E-state index contributed by atoms with van der Waals surface area (Å²) >= 11 is 0. The Morgan fingerprint density at radius 1 is 1.58 bits per heavy atom. The van der Waals surface area contributed by atoms with Crippen molar-refractivity contribution >= 4 is 12.0 Å². The molecule has 1 aromatic heterocycles. The van der Waals surface area contributed by atoms with Crippen molar-refractivity contribution in [3.05, 3.63) is 11.5 Å². The minimum absolute atomic E-state index is 0.0188. The largest absolute Gasteiger partial charge is 0.428 e. The van der Waals surface area contributed by atoms with Gasteiger partial charge in [0.25, 0.3) is 0 Å². The predicted molar refractivity (Wildman–Crippen MR) is 71.0 cm³/mol. The molecule has 1 aromatic rings. The molecule has 2 rings (SSSR count). The van der Waals surface area contributed by atoms with Gasteiger partial charge in [0.1, 0.15) is 5.76 Å². The summed E-state index contributed by atoms with van der Waals surface area (Å²) in [6, 6.07) is -0.154. The summed E-state index contributed by atoms with van der Waals surface area (Å²) < 4.78 is 5.30. The van der Waals surface area contributed by atoms with E-state index >= 15 is 0 Å². The Morgan fingerprint density at radius 2 is 2.32 bits per heavy atom. The molecule has 1 heterocycles. The van der Waals surface area contributed by atoms with Crippen LogP contribution in [0.1, 0.15) is 37.6 Å². The third-order valence-corrected chi connectivity index (χ3v) is 4.00. The van der Waals surface area contributed by atoms with Crippen LogP contribution in [0.3, 0.4) is 0 Å². The van der Waals surface area contributed by atoms with Gasteiger partial charge in [-0.3, -0.25) is 5.32 Å². The Balaban J connectivity index is 1.94. The number of nitrogens with one attached hydrogen (secondary N) is 2. The standard InChI is InChI=1S/C13H21N3O3/c1-8-9(2)19-12(14-8)16-11(18)15-10-5-4-6-13(10,3)7-17/h10,17H,4-7H2,1-3H3,(H2,14,15,16,18). The van der Waals surface area contributed by atoms with E-state index in [0.717, 1.165) is 25.0 Å². The van der Waals surface area contributed by atoms with Gasteiger partial charge in [0, 0.05) is 11.5 Å². The first kappa shape index (κ1) is 13.9. The highest BCUT2D eigenvalue weighted by molar-refractivity contribution is 5.87. The smallest absolute Gasteiger partial charge is 0.323 e. The second kappa shape index (κ2) is 5.21. The van der Waals surface area contributed by atoms with Gasteiger partial charge in [0.15, 0.2) is 0 Å². The molecule has 0 aliphatic heterocycles. The first-order valence-electron chi connectivity index (χ1n) is 6.57. The van der Waals surface area contributed by atoms with E-state index < -0.39 is 0 Å².